The van der Waals surface area contributed by atoms with E-state index in [1.165, 1.54) is 0 Å². The summed E-state index contributed by atoms with van der Waals surface area (Å²) >= 11 is 0. The first kappa shape index (κ1) is 28.1. The van der Waals surface area contributed by atoms with Crippen molar-refractivity contribution in [3.8, 4) is 0 Å². The van der Waals surface area contributed by atoms with Gasteiger partial charge in [-0.1, -0.05) is 48.5 Å². The maximum Gasteiger partial charge on any atom is 0.430 e. The van der Waals surface area contributed by atoms with Gasteiger partial charge in [-0.25, -0.2) is 0 Å². The first-order valence-electron chi connectivity index (χ1n) is 11.1. The normalized spacial score (nSPS) is 16.9. The number of halogens is 3. The van der Waals surface area contributed by atoms with Crippen LogP contribution >= 0.6 is 0 Å². The third-order valence-corrected chi connectivity index (χ3v) is 5.46. The Morgan fingerprint density at radius 2 is 1.58 bits per heavy atom. The molecule has 9 nitrogen and oxygen atoms in total. The van der Waals surface area contributed by atoms with E-state index in [4.69, 9.17) is 21.4 Å². The van der Waals surface area contributed by atoms with E-state index >= 15 is 0 Å². The Kier molecular flexibility index (Phi) is 10.3. The van der Waals surface area contributed by atoms with Crippen molar-refractivity contribution in [1.82, 2.24) is 10.2 Å². The summed E-state index contributed by atoms with van der Waals surface area (Å²) in [5, 5.41) is 11.8. The summed E-state index contributed by atoms with van der Waals surface area (Å²) in [5.74, 6) is -3.07. The molecule has 2 aromatic rings. The van der Waals surface area contributed by atoms with Gasteiger partial charge in [0.05, 0.1) is 6.54 Å². The number of carbonyl (C=O) groups is 3. The zero-order chi connectivity index (χ0) is 26.7. The van der Waals surface area contributed by atoms with E-state index in [1.54, 1.807) is 17.0 Å². The average Bonchev–Trinajstić information content (AvgIpc) is 3.26. The molecule has 1 fully saturated rings. The lowest BCUT2D eigenvalue weighted by Crippen LogP contribution is -2.78. The van der Waals surface area contributed by atoms with E-state index < -0.39 is 18.2 Å². The molecule has 1 saturated heterocycles. The van der Waals surface area contributed by atoms with Gasteiger partial charge in [0.15, 0.2) is 0 Å². The van der Waals surface area contributed by atoms with Crippen molar-refractivity contribution in [2.75, 3.05) is 13.1 Å². The van der Waals surface area contributed by atoms with Gasteiger partial charge in [-0.2, -0.15) is 13.2 Å². The molecule has 2 amide bonds. The predicted octanol–water partition coefficient (Wildman–Crippen LogP) is -1.12. The predicted molar refractivity (Wildman–Crippen MR) is 123 cm³/mol. The van der Waals surface area contributed by atoms with E-state index in [-0.39, 0.29) is 23.7 Å². The Bertz CT molecular complexity index is 1040. The van der Waals surface area contributed by atoms with Crippen molar-refractivity contribution in [2.24, 2.45) is 17.4 Å². The van der Waals surface area contributed by atoms with Crippen LogP contribution in [-0.4, -0.2) is 54.0 Å². The second-order valence-corrected chi connectivity index (χ2v) is 8.02. The summed E-state index contributed by atoms with van der Waals surface area (Å²) in [4.78, 5) is 39.5. The summed E-state index contributed by atoms with van der Waals surface area (Å²) in [6, 6.07) is 18.3. The van der Waals surface area contributed by atoms with E-state index in [0.717, 1.165) is 12.0 Å². The number of nitrogens with one attached hydrogen (secondary N) is 2. The maximum absolute atomic E-state index is 13.1. The highest BCUT2D eigenvalue weighted by atomic mass is 19.4. The number of likely N-dealkylation sites (tertiary alicyclic amines) is 1. The maximum atomic E-state index is 13.1. The molecule has 0 saturated carbocycles. The smallest absolute Gasteiger partial charge is 0.430 e. The van der Waals surface area contributed by atoms with Crippen LogP contribution in [-0.2, 0) is 16.1 Å². The number of hydrogen-bond donors (Lipinski definition) is 4. The number of nitrogens with zero attached hydrogens (tertiary/aromatic N) is 1. The van der Waals surface area contributed by atoms with Crippen LogP contribution in [0.5, 0.6) is 0 Å². The number of benzene rings is 2. The minimum Gasteiger partial charge on any atom is -0.542 e. The Balaban J connectivity index is 0.000000572. The van der Waals surface area contributed by atoms with Crippen LogP contribution in [0.15, 0.2) is 60.7 Å². The van der Waals surface area contributed by atoms with Crippen molar-refractivity contribution >= 4 is 23.7 Å². The molecule has 1 heterocycles. The van der Waals surface area contributed by atoms with Gasteiger partial charge in [0.1, 0.15) is 12.0 Å². The molecule has 0 bridgehead atoms. The lowest BCUT2D eigenvalue weighted by Gasteiger charge is -2.27. The van der Waals surface area contributed by atoms with Crippen LogP contribution in [0.1, 0.15) is 28.8 Å². The monoisotopic (exact) mass is 507 g/mol. The number of rotatable bonds is 7. The Morgan fingerprint density at radius 1 is 1.03 bits per heavy atom. The van der Waals surface area contributed by atoms with Crippen molar-refractivity contribution in [3.63, 3.8) is 0 Å². The molecule has 12 heteroatoms. The van der Waals surface area contributed by atoms with Crippen LogP contribution in [0, 0.1) is 5.92 Å². The largest absolute Gasteiger partial charge is 0.542 e. The van der Waals surface area contributed by atoms with Gasteiger partial charge < -0.3 is 20.1 Å². The lowest BCUT2D eigenvalue weighted by molar-refractivity contribution is -0.461. The fraction of sp³-hybridized carbons (Fsp3) is 0.333. The van der Waals surface area contributed by atoms with Crippen molar-refractivity contribution < 1.29 is 37.7 Å². The highest BCUT2D eigenvalue weighted by molar-refractivity contribution is 5.98. The summed E-state index contributed by atoms with van der Waals surface area (Å²) in [5.41, 5.74) is 12.6. The zero-order valence-electron chi connectivity index (χ0n) is 19.3. The molecular weight excluding hydrogens is 479 g/mol. The van der Waals surface area contributed by atoms with Crippen LogP contribution in [0.2, 0.25) is 0 Å². The minimum atomic E-state index is -5.19. The van der Waals surface area contributed by atoms with E-state index in [9.17, 15) is 22.8 Å². The van der Waals surface area contributed by atoms with Gasteiger partial charge in [-0.15, -0.1) is 0 Å². The van der Waals surface area contributed by atoms with Gasteiger partial charge in [0.2, 0.25) is 5.91 Å². The SMILES string of the molecule is NC(N)=[NH+]CC[C@@H]1CCN(C(=O)c2ccccc2)[C@@H]1C(=O)NCc1ccccc1.O=C([O-])C(F)(F)F. The van der Waals surface area contributed by atoms with Gasteiger partial charge in [-0.05, 0) is 36.5 Å². The molecule has 0 radical (unpaired) electrons. The molecule has 6 N–H and O–H groups in total. The fourth-order valence-corrected chi connectivity index (χ4v) is 3.78. The number of nitrogens with two attached hydrogens (primary N) is 2. The molecule has 1 aliphatic rings. The van der Waals surface area contributed by atoms with Crippen molar-refractivity contribution in [1.29, 1.82) is 0 Å². The topological polar surface area (TPSA) is 156 Å². The molecule has 0 aliphatic carbocycles. The van der Waals surface area contributed by atoms with Gasteiger partial charge >= 0.3 is 12.1 Å². The molecule has 1 aliphatic heterocycles. The van der Waals surface area contributed by atoms with Crippen LogP contribution in [0.3, 0.4) is 0 Å². The Hall–Kier alpha value is -4.09. The molecular formula is C24H28F3N5O4. The number of guanidine groups is 1. The number of amides is 2. The summed E-state index contributed by atoms with van der Waals surface area (Å²) in [6.07, 6.45) is -3.74. The van der Waals surface area contributed by atoms with Gasteiger partial charge in [0, 0.05) is 18.7 Å². The quantitative estimate of drug-likeness (QED) is 0.275. The third kappa shape index (κ3) is 8.60. The molecule has 2 aromatic carbocycles. The number of hydrogen-bond acceptors (Lipinski definition) is 4. The van der Waals surface area contributed by atoms with Crippen molar-refractivity contribution in [2.45, 2.75) is 31.6 Å². The molecule has 36 heavy (non-hydrogen) atoms. The first-order chi connectivity index (χ1) is 17.0. The van der Waals surface area contributed by atoms with E-state index in [1.807, 2.05) is 48.5 Å². The highest BCUT2D eigenvalue weighted by Crippen LogP contribution is 2.28. The number of carboxylic acids is 1. The van der Waals surface area contributed by atoms with Crippen LogP contribution < -0.4 is 26.9 Å². The first-order valence-corrected chi connectivity index (χ1v) is 11.1. The molecule has 0 spiro atoms. The Morgan fingerprint density at radius 3 is 2.11 bits per heavy atom. The number of alkyl halides is 3. The van der Waals surface area contributed by atoms with Crippen molar-refractivity contribution in [3.05, 3.63) is 71.8 Å². The molecule has 3 rings (SSSR count). The second-order valence-electron chi connectivity index (χ2n) is 8.02. The Labute approximate surface area is 206 Å². The van der Waals surface area contributed by atoms with Crippen LogP contribution in [0.4, 0.5) is 13.2 Å². The summed E-state index contributed by atoms with van der Waals surface area (Å²) in [7, 11) is 0. The molecule has 2 atom stereocenters. The summed E-state index contributed by atoms with van der Waals surface area (Å²) in [6.45, 7) is 1.53. The average molecular weight is 508 g/mol. The number of carboxylic acid groups (broad SMARTS) is 1. The van der Waals surface area contributed by atoms with E-state index in [2.05, 4.69) is 10.3 Å². The molecule has 194 valence electrons. The lowest BCUT2D eigenvalue weighted by atomic mass is 9.95. The van der Waals surface area contributed by atoms with E-state index in [0.29, 0.717) is 31.6 Å². The second kappa shape index (κ2) is 13.1. The standard InChI is InChI=1S/C22H27N5O2.C2HF3O2/c23-22(24)25-13-11-17-12-14-27(21(29)18-9-5-2-6-10-18)19(17)20(28)26-15-16-7-3-1-4-8-16;3-2(4,5)1(6)7/h1-10,17,19H,11-15H2,(H,26,28)(H4,23,24,25);(H,6,7)/t17-,19+;/m1./s1. The molecule has 0 unspecified atom stereocenters. The third-order valence-electron chi connectivity index (χ3n) is 5.46. The number of carbonyl (C=O) groups excluding carboxylic acids is 3. The molecule has 0 aromatic heterocycles. The minimum absolute atomic E-state index is 0.0327. The number of aliphatic carboxylic acids is 1. The zero-order valence-corrected chi connectivity index (χ0v) is 19.3. The summed E-state index contributed by atoms with van der Waals surface area (Å²) < 4.78 is 31.5. The van der Waals surface area contributed by atoms with Gasteiger partial charge in [0.25, 0.3) is 5.91 Å². The highest BCUT2D eigenvalue weighted by Gasteiger charge is 2.41. The van der Waals surface area contributed by atoms with Gasteiger partial charge in [-0.3, -0.25) is 26.0 Å². The van der Waals surface area contributed by atoms with Crippen LogP contribution in [0.25, 0.3) is 0 Å². The fourth-order valence-electron chi connectivity index (χ4n) is 3.78.